The van der Waals surface area contributed by atoms with Crippen molar-refractivity contribution < 1.29 is 9.59 Å². The molecule has 160 valence electrons. The van der Waals surface area contributed by atoms with Crippen LogP contribution in [0.3, 0.4) is 0 Å². The number of amides is 2. The second-order valence-corrected chi connectivity index (χ2v) is 8.99. The number of piperazine rings is 1. The van der Waals surface area contributed by atoms with Gasteiger partial charge >= 0.3 is 0 Å². The number of carbonyl (C=O) groups is 2. The van der Waals surface area contributed by atoms with Crippen LogP contribution in [0.2, 0.25) is 0 Å². The van der Waals surface area contributed by atoms with Gasteiger partial charge in [-0.05, 0) is 43.4 Å². The summed E-state index contributed by atoms with van der Waals surface area (Å²) >= 11 is 3.45. The predicted molar refractivity (Wildman–Crippen MR) is 119 cm³/mol. The molecule has 0 unspecified atom stereocenters. The summed E-state index contributed by atoms with van der Waals surface area (Å²) in [6, 6.07) is 8.16. The van der Waals surface area contributed by atoms with Gasteiger partial charge in [-0.15, -0.1) is 0 Å². The zero-order valence-corrected chi connectivity index (χ0v) is 19.0. The predicted octanol–water partition coefficient (Wildman–Crippen LogP) is 2.65. The molecule has 2 heterocycles. The van der Waals surface area contributed by atoms with E-state index in [2.05, 4.69) is 50.1 Å². The SMILES string of the molecule is CC[C@H](NC(=O)CN1CCN(CC(=O)N2CCCCC2)CC1)c1ccc(Br)cc1. The van der Waals surface area contributed by atoms with E-state index >= 15 is 0 Å². The summed E-state index contributed by atoms with van der Waals surface area (Å²) in [6.45, 7) is 8.19. The molecule has 2 amide bonds. The van der Waals surface area contributed by atoms with E-state index in [0.717, 1.165) is 68.6 Å². The molecular weight excluding hydrogens is 432 g/mol. The van der Waals surface area contributed by atoms with Crippen LogP contribution in [0, 0.1) is 0 Å². The number of hydrogen-bond acceptors (Lipinski definition) is 4. The Labute approximate surface area is 182 Å². The Morgan fingerprint density at radius 3 is 2.10 bits per heavy atom. The third-order valence-corrected chi connectivity index (χ3v) is 6.44. The molecule has 2 fully saturated rings. The molecule has 3 rings (SSSR count). The van der Waals surface area contributed by atoms with Crippen LogP contribution < -0.4 is 5.32 Å². The zero-order valence-electron chi connectivity index (χ0n) is 17.4. The first-order chi connectivity index (χ1) is 14.0. The first-order valence-corrected chi connectivity index (χ1v) is 11.6. The van der Waals surface area contributed by atoms with Gasteiger partial charge in [0.1, 0.15) is 0 Å². The van der Waals surface area contributed by atoms with Crippen LogP contribution >= 0.6 is 15.9 Å². The van der Waals surface area contributed by atoms with E-state index in [1.54, 1.807) is 0 Å². The molecule has 6 nitrogen and oxygen atoms in total. The number of nitrogens with one attached hydrogen (secondary N) is 1. The molecule has 0 spiro atoms. The van der Waals surface area contributed by atoms with Crippen molar-refractivity contribution in [3.8, 4) is 0 Å². The average Bonchev–Trinajstić information content (AvgIpc) is 2.75. The van der Waals surface area contributed by atoms with Crippen LogP contribution in [-0.2, 0) is 9.59 Å². The second kappa shape index (κ2) is 11.1. The van der Waals surface area contributed by atoms with Gasteiger partial charge in [0.2, 0.25) is 11.8 Å². The fourth-order valence-corrected chi connectivity index (χ4v) is 4.36. The fourth-order valence-electron chi connectivity index (χ4n) is 4.10. The van der Waals surface area contributed by atoms with E-state index in [1.807, 2.05) is 17.0 Å². The molecule has 1 atom stereocenters. The lowest BCUT2D eigenvalue weighted by atomic mass is 10.0. The van der Waals surface area contributed by atoms with E-state index in [0.29, 0.717) is 13.1 Å². The van der Waals surface area contributed by atoms with Crippen LogP contribution in [0.1, 0.15) is 44.2 Å². The topological polar surface area (TPSA) is 55.9 Å². The van der Waals surface area contributed by atoms with Gasteiger partial charge in [0.25, 0.3) is 0 Å². The minimum Gasteiger partial charge on any atom is -0.348 e. The van der Waals surface area contributed by atoms with Crippen molar-refractivity contribution in [1.29, 1.82) is 0 Å². The summed E-state index contributed by atoms with van der Waals surface area (Å²) in [5, 5.41) is 3.17. The molecule has 0 radical (unpaired) electrons. The molecule has 2 saturated heterocycles. The molecule has 1 aromatic rings. The van der Waals surface area contributed by atoms with Gasteiger partial charge in [-0.2, -0.15) is 0 Å². The van der Waals surface area contributed by atoms with Crippen LogP contribution in [0.5, 0.6) is 0 Å². The maximum Gasteiger partial charge on any atom is 0.236 e. The van der Waals surface area contributed by atoms with E-state index in [-0.39, 0.29) is 17.9 Å². The summed E-state index contributed by atoms with van der Waals surface area (Å²) in [4.78, 5) is 31.4. The van der Waals surface area contributed by atoms with Gasteiger partial charge < -0.3 is 10.2 Å². The number of likely N-dealkylation sites (tertiary alicyclic amines) is 1. The molecule has 0 aromatic heterocycles. The van der Waals surface area contributed by atoms with Crippen LogP contribution in [0.4, 0.5) is 0 Å². The Morgan fingerprint density at radius 1 is 0.931 bits per heavy atom. The largest absolute Gasteiger partial charge is 0.348 e. The maximum absolute atomic E-state index is 12.6. The summed E-state index contributed by atoms with van der Waals surface area (Å²) in [7, 11) is 0. The van der Waals surface area contributed by atoms with E-state index < -0.39 is 0 Å². The van der Waals surface area contributed by atoms with Crippen molar-refractivity contribution in [1.82, 2.24) is 20.0 Å². The lowest BCUT2D eigenvalue weighted by Crippen LogP contribution is -2.52. The monoisotopic (exact) mass is 464 g/mol. The molecule has 2 aliphatic heterocycles. The third kappa shape index (κ3) is 6.79. The molecular formula is C22H33BrN4O2. The zero-order chi connectivity index (χ0) is 20.6. The first-order valence-electron chi connectivity index (χ1n) is 10.8. The van der Waals surface area contributed by atoms with Gasteiger partial charge in [-0.3, -0.25) is 19.4 Å². The number of nitrogens with zero attached hydrogens (tertiary/aromatic N) is 3. The molecule has 2 aliphatic rings. The first kappa shape index (κ1) is 22.2. The Morgan fingerprint density at radius 2 is 1.52 bits per heavy atom. The minimum absolute atomic E-state index is 0.0408. The second-order valence-electron chi connectivity index (χ2n) is 8.07. The Hall–Kier alpha value is -1.44. The highest BCUT2D eigenvalue weighted by Crippen LogP contribution is 2.19. The van der Waals surface area contributed by atoms with Crippen molar-refractivity contribution in [2.75, 3.05) is 52.4 Å². The van der Waals surface area contributed by atoms with Crippen LogP contribution in [0.25, 0.3) is 0 Å². The van der Waals surface area contributed by atoms with E-state index in [1.165, 1.54) is 6.42 Å². The molecule has 1 aromatic carbocycles. The molecule has 0 bridgehead atoms. The standard InChI is InChI=1S/C22H33BrN4O2/c1-2-20(18-6-8-19(23)9-7-18)24-21(28)16-25-12-14-26(15-13-25)17-22(29)27-10-4-3-5-11-27/h6-9,20H,2-5,10-17H2,1H3,(H,24,28)/t20-/m0/s1. The molecule has 0 saturated carbocycles. The summed E-state index contributed by atoms with van der Waals surface area (Å²) in [6.07, 6.45) is 4.37. The van der Waals surface area contributed by atoms with Crippen molar-refractivity contribution in [3.05, 3.63) is 34.3 Å². The summed E-state index contributed by atoms with van der Waals surface area (Å²) < 4.78 is 1.04. The Bertz CT molecular complexity index is 668. The Kier molecular flexibility index (Phi) is 8.51. The molecule has 1 N–H and O–H groups in total. The number of hydrogen-bond donors (Lipinski definition) is 1. The van der Waals surface area contributed by atoms with Crippen molar-refractivity contribution in [2.45, 2.75) is 38.6 Å². The fraction of sp³-hybridized carbons (Fsp3) is 0.636. The normalized spacial score (nSPS) is 19.7. The smallest absolute Gasteiger partial charge is 0.236 e. The quantitative estimate of drug-likeness (QED) is 0.673. The highest BCUT2D eigenvalue weighted by Gasteiger charge is 2.24. The highest BCUT2D eigenvalue weighted by molar-refractivity contribution is 9.10. The van der Waals surface area contributed by atoms with Crippen LogP contribution in [-0.4, -0.2) is 78.9 Å². The van der Waals surface area contributed by atoms with Gasteiger partial charge in [0, 0.05) is 43.7 Å². The van der Waals surface area contributed by atoms with Gasteiger partial charge in [-0.25, -0.2) is 0 Å². The Balaban J connectivity index is 1.39. The van der Waals surface area contributed by atoms with Gasteiger partial charge in [-0.1, -0.05) is 35.0 Å². The van der Waals surface area contributed by atoms with Gasteiger partial charge in [0.05, 0.1) is 19.1 Å². The summed E-state index contributed by atoms with van der Waals surface area (Å²) in [5.74, 6) is 0.328. The van der Waals surface area contributed by atoms with E-state index in [4.69, 9.17) is 0 Å². The van der Waals surface area contributed by atoms with Crippen molar-refractivity contribution in [3.63, 3.8) is 0 Å². The number of rotatable bonds is 7. The number of halogens is 1. The van der Waals surface area contributed by atoms with Crippen LogP contribution in [0.15, 0.2) is 28.7 Å². The molecule has 0 aliphatic carbocycles. The van der Waals surface area contributed by atoms with E-state index in [9.17, 15) is 9.59 Å². The number of carbonyl (C=O) groups excluding carboxylic acids is 2. The lowest BCUT2D eigenvalue weighted by Gasteiger charge is -2.36. The maximum atomic E-state index is 12.6. The van der Waals surface area contributed by atoms with Crippen molar-refractivity contribution in [2.24, 2.45) is 0 Å². The third-order valence-electron chi connectivity index (χ3n) is 5.92. The summed E-state index contributed by atoms with van der Waals surface area (Å²) in [5.41, 5.74) is 1.13. The number of piperidine rings is 1. The average molecular weight is 465 g/mol. The lowest BCUT2D eigenvalue weighted by molar-refractivity contribution is -0.134. The molecule has 29 heavy (non-hydrogen) atoms. The molecule has 7 heteroatoms. The van der Waals surface area contributed by atoms with Gasteiger partial charge in [0.15, 0.2) is 0 Å². The minimum atomic E-state index is 0.0408. The number of benzene rings is 1. The van der Waals surface area contributed by atoms with Crippen molar-refractivity contribution >= 4 is 27.7 Å². The highest BCUT2D eigenvalue weighted by atomic mass is 79.9.